The number of nitrogens with two attached hydrogens (primary N) is 2. The van der Waals surface area contributed by atoms with Crippen LogP contribution in [0.5, 0.6) is 0 Å². The normalized spacial score (nSPS) is 12.4. The molecule has 460 valence electrons. The number of nitrogens with one attached hydrogen (secondary N) is 3. The summed E-state index contributed by atoms with van der Waals surface area (Å²) >= 11 is 12.5. The molecule has 0 unspecified atom stereocenters. The molecule has 2 aliphatic heterocycles. The quantitative estimate of drug-likeness (QED) is 0.0492. The first-order chi connectivity index (χ1) is 43.0. The predicted molar refractivity (Wildman–Crippen MR) is 346 cm³/mol. The molecule has 2 fully saturated rings. The van der Waals surface area contributed by atoms with Crippen molar-refractivity contribution in [3.8, 4) is 22.5 Å². The number of hydrogen-bond donors (Lipinski definition) is 5. The maximum atomic E-state index is 13.2. The number of halogens is 4. The third-order valence-corrected chi connectivity index (χ3v) is 14.0. The number of benzene rings is 3. The summed E-state index contributed by atoms with van der Waals surface area (Å²) in [4.78, 5) is 82.3. The first kappa shape index (κ1) is 69.1. The van der Waals surface area contributed by atoms with E-state index in [2.05, 4.69) is 95.3 Å². The van der Waals surface area contributed by atoms with E-state index < -0.39 is 22.9 Å². The smallest absolute Gasteiger partial charge is 0.796 e. The van der Waals surface area contributed by atoms with E-state index in [0.29, 0.717) is 50.3 Å². The molecule has 0 saturated carbocycles. The third kappa shape index (κ3) is 18.2. The number of aryl methyl sites for hydroxylation is 3. The van der Waals surface area contributed by atoms with Gasteiger partial charge in [0, 0.05) is 154 Å². The zero-order valence-corrected chi connectivity index (χ0v) is 54.6. The van der Waals surface area contributed by atoms with Crippen LogP contribution in [0.25, 0.3) is 66.7 Å². The Labute approximate surface area is 553 Å². The van der Waals surface area contributed by atoms with Crippen LogP contribution in [0.15, 0.2) is 162 Å². The van der Waals surface area contributed by atoms with Crippen molar-refractivity contribution in [3.05, 3.63) is 205 Å². The average molecular weight is 1340 g/mol. The molecule has 11 heterocycles. The summed E-state index contributed by atoms with van der Waals surface area (Å²) in [6.45, 7) is 13.9. The van der Waals surface area contributed by atoms with Crippen LogP contribution in [0.3, 0.4) is 0 Å². The van der Waals surface area contributed by atoms with Crippen LogP contribution in [0.4, 0.5) is 26.1 Å². The van der Waals surface area contributed by atoms with Gasteiger partial charge in [-0.05, 0) is 75.4 Å². The van der Waals surface area contributed by atoms with Gasteiger partial charge < -0.3 is 67.0 Å². The number of aromatic nitrogens is 10. The Hall–Kier alpha value is -8.38. The standard InChI is InChI=1S/C20H19N5O2.C16H10FN3O2.C11H6BrFO3.C5H7N3.C4H4ClN3.C4H10N2.CH4S.Na/c1-13-19-23-17(12-25(19)9-6-22-13)16-10-14-2-3-15(11-18(14)27-20(16)26)24-7-4-21-5-8-24;1-9-15-19-13(8-20(15)5-4-18-9)12-6-10-2-3-11(17)7-14(10)22-16(12)21;12-5-9(14)8-3-6-1-2-7(13)4-10(6)16-11(8)15;1-4-5(6)8-3-2-7-4;5-3-4(6)8-2-1-7-3;1-2-6-4-3-5-1;1-2;/h2-3,6,9-12,21H,4-5,7-8H2,1H3;2-8H,1H3;1-4H,5H2;2-3H,1H3,(H2,6,8);1-2H,(H2,6,8);5-6H,1-4H2;2H,1H3;/q;;;;;;;+1/p-1. The summed E-state index contributed by atoms with van der Waals surface area (Å²) in [5, 5.41) is 12.1. The van der Waals surface area contributed by atoms with Crippen molar-refractivity contribution < 1.29 is 56.4 Å². The summed E-state index contributed by atoms with van der Waals surface area (Å²) in [6.07, 6.45) is 18.3. The molecule has 9 aromatic heterocycles. The Morgan fingerprint density at radius 1 is 0.578 bits per heavy atom. The van der Waals surface area contributed by atoms with Crippen molar-refractivity contribution in [3.63, 3.8) is 0 Å². The van der Waals surface area contributed by atoms with Gasteiger partial charge in [-0.25, -0.2) is 48.1 Å². The number of piperazine rings is 2. The molecule has 23 nitrogen and oxygen atoms in total. The van der Waals surface area contributed by atoms with Gasteiger partial charge in [-0.15, -0.1) is 0 Å². The Morgan fingerprint density at radius 3 is 1.44 bits per heavy atom. The Kier molecular flexibility index (Phi) is 25.7. The van der Waals surface area contributed by atoms with Crippen molar-refractivity contribution in [2.24, 2.45) is 0 Å². The van der Waals surface area contributed by atoms with Crippen LogP contribution in [0, 0.1) is 32.4 Å². The van der Waals surface area contributed by atoms with E-state index in [-0.39, 0.29) is 74.0 Å². The summed E-state index contributed by atoms with van der Waals surface area (Å²) in [5.41, 5.74) is 16.5. The summed E-state index contributed by atoms with van der Waals surface area (Å²) in [7, 11) is 0. The fourth-order valence-electron chi connectivity index (χ4n) is 8.73. The van der Waals surface area contributed by atoms with Gasteiger partial charge in [0.2, 0.25) is 0 Å². The predicted octanol–water partition coefficient (Wildman–Crippen LogP) is 5.11. The number of rotatable bonds is 5. The second-order valence-corrected chi connectivity index (χ2v) is 20.1. The van der Waals surface area contributed by atoms with Crippen molar-refractivity contribution in [2.45, 2.75) is 20.8 Å². The molecule has 2 aliphatic rings. The minimum absolute atomic E-state index is 0. The van der Waals surface area contributed by atoms with Crippen LogP contribution in [-0.4, -0.2) is 118 Å². The van der Waals surface area contributed by atoms with Gasteiger partial charge in [0.1, 0.15) is 39.8 Å². The molecule has 14 rings (SSSR count). The van der Waals surface area contributed by atoms with E-state index in [0.717, 1.165) is 92.2 Å². The van der Waals surface area contributed by atoms with Crippen molar-refractivity contribution in [1.29, 1.82) is 0 Å². The number of carbonyl (C=O) groups excluding carboxylic acids is 1. The molecule has 0 amide bonds. The van der Waals surface area contributed by atoms with Gasteiger partial charge in [-0.3, -0.25) is 19.7 Å². The molecule has 0 bridgehead atoms. The second-order valence-electron chi connectivity index (χ2n) is 19.2. The molecule has 29 heteroatoms. The second kappa shape index (κ2) is 33.4. The molecular weight excluding hydrogens is 1280 g/mol. The molecular formula is C61H59BrClF2N16NaO7S. The number of imidazole rings is 2. The minimum Gasteiger partial charge on any atom is -0.796 e. The van der Waals surface area contributed by atoms with E-state index in [1.54, 1.807) is 60.0 Å². The van der Waals surface area contributed by atoms with E-state index in [9.17, 15) is 28.0 Å². The largest absolute Gasteiger partial charge is 1.00 e. The van der Waals surface area contributed by atoms with Crippen LogP contribution in [0.1, 0.15) is 27.4 Å². The first-order valence-electron chi connectivity index (χ1n) is 27.3. The zero-order chi connectivity index (χ0) is 63.6. The monoisotopic (exact) mass is 1330 g/mol. The number of nitrogens with zero attached hydrogens (tertiary/aromatic N) is 11. The molecule has 7 N–H and O–H groups in total. The zero-order valence-electron chi connectivity index (χ0n) is 49.4. The molecule has 0 spiro atoms. The topological polar surface area (TPSA) is 311 Å². The van der Waals surface area contributed by atoms with E-state index in [4.69, 9.17) is 36.3 Å². The first-order valence-corrected chi connectivity index (χ1v) is 29.6. The van der Waals surface area contributed by atoms with E-state index in [1.807, 2.05) is 55.8 Å². The van der Waals surface area contributed by atoms with Crippen LogP contribution >= 0.6 is 27.5 Å². The van der Waals surface area contributed by atoms with Gasteiger partial charge in [0.05, 0.1) is 44.9 Å². The van der Waals surface area contributed by atoms with E-state index in [1.165, 1.54) is 42.7 Å². The molecule has 2 saturated heterocycles. The van der Waals surface area contributed by atoms with Crippen LogP contribution < -0.4 is 78.8 Å². The molecule has 90 heavy (non-hydrogen) atoms. The number of carbonyl (C=O) groups is 1. The molecule has 0 radical (unpaired) electrons. The SMILES string of the molecule is C1CNCCN1.C[S-].Cc1nccn2cc(-c3cc4ccc(F)cc4oc3=O)nc12.Cc1nccn2cc(-c3cc4ccc(N5CCNCC5)cc4oc3=O)nc12.Cc1nccnc1N.Nc1nccnc1Cl.O=C(CBr)c1cc2ccc(F)cc2oc1=O.[Na+]. The van der Waals surface area contributed by atoms with Crippen molar-refractivity contribution in [2.75, 3.05) is 80.3 Å². The molecule has 12 aromatic rings. The molecule has 3 aromatic carbocycles. The van der Waals surface area contributed by atoms with Crippen molar-refractivity contribution >= 4 is 107 Å². The van der Waals surface area contributed by atoms with Gasteiger partial charge in [0.25, 0.3) is 0 Å². The number of alkyl halides is 1. The average Bonchev–Trinajstić information content (AvgIpc) is 1.59. The summed E-state index contributed by atoms with van der Waals surface area (Å²) < 4.78 is 45.4. The Balaban J connectivity index is 0.000000164. The summed E-state index contributed by atoms with van der Waals surface area (Å²) in [5.74, 6) is -0.519. The maximum absolute atomic E-state index is 13.2. The number of fused-ring (bicyclic) bond motifs is 5. The van der Waals surface area contributed by atoms with Gasteiger partial charge >= 0.3 is 46.4 Å². The van der Waals surface area contributed by atoms with Crippen molar-refractivity contribution in [1.82, 2.24) is 64.6 Å². The third-order valence-electron chi connectivity index (χ3n) is 13.2. The van der Waals surface area contributed by atoms with Gasteiger partial charge in [0.15, 0.2) is 28.0 Å². The number of ketones is 1. The number of hydrogen-bond acceptors (Lipinski definition) is 22. The van der Waals surface area contributed by atoms with Gasteiger partial charge in [-0.2, -0.15) is 6.26 Å². The molecule has 0 aliphatic carbocycles. The summed E-state index contributed by atoms with van der Waals surface area (Å²) in [6, 6.07) is 18.8. The Bertz CT molecular complexity index is 4510. The van der Waals surface area contributed by atoms with Crippen LogP contribution in [-0.2, 0) is 12.6 Å². The fraction of sp³-hybridized carbons (Fsp3) is 0.213. The molecule has 0 atom stereocenters. The number of Topliss-reactive ketones (excluding diaryl/α,β-unsaturated/α-hetero) is 1. The fourth-order valence-corrected chi connectivity index (χ4v) is 9.13. The minimum atomic E-state index is -0.748. The van der Waals surface area contributed by atoms with Crippen LogP contribution in [0.2, 0.25) is 5.15 Å². The van der Waals surface area contributed by atoms with Gasteiger partial charge in [-0.1, -0.05) is 27.5 Å². The number of anilines is 3. The maximum Gasteiger partial charge on any atom is 1.00 e. The number of nitrogen functional groups attached to an aromatic ring is 2. The van der Waals surface area contributed by atoms with E-state index >= 15 is 0 Å². The Morgan fingerprint density at radius 2 is 1.01 bits per heavy atom.